The number of hydrogen-bond acceptors (Lipinski definition) is 4. The highest BCUT2D eigenvalue weighted by atomic mass is 32.2. The second-order valence-corrected chi connectivity index (χ2v) is 6.77. The standard InChI is InChI=1S/C18H19F3N2O2S/c1-12(17(22)24)23-10-13-2-6-15(7-3-13)25-11-14-4-8-16(9-5-14)26-18(19,20)21/h2-9,12,23H,10-11H2,1H3,(H2,22,24). The first-order valence-electron chi connectivity index (χ1n) is 7.82. The third kappa shape index (κ3) is 6.97. The molecule has 0 spiro atoms. The van der Waals surface area contributed by atoms with Gasteiger partial charge in [0.2, 0.25) is 5.91 Å². The van der Waals surface area contributed by atoms with E-state index in [1.54, 1.807) is 31.2 Å². The minimum atomic E-state index is -4.29. The number of ether oxygens (including phenoxy) is 1. The van der Waals surface area contributed by atoms with Crippen molar-refractivity contribution in [1.29, 1.82) is 0 Å². The normalized spacial score (nSPS) is 12.6. The van der Waals surface area contributed by atoms with E-state index in [4.69, 9.17) is 10.5 Å². The van der Waals surface area contributed by atoms with Crippen LogP contribution in [-0.4, -0.2) is 17.5 Å². The van der Waals surface area contributed by atoms with Gasteiger partial charge in [-0.15, -0.1) is 0 Å². The van der Waals surface area contributed by atoms with E-state index in [0.29, 0.717) is 12.3 Å². The van der Waals surface area contributed by atoms with Gasteiger partial charge in [-0.3, -0.25) is 4.79 Å². The summed E-state index contributed by atoms with van der Waals surface area (Å²) < 4.78 is 42.5. The van der Waals surface area contributed by atoms with Crippen LogP contribution in [0.1, 0.15) is 18.1 Å². The highest BCUT2D eigenvalue weighted by Gasteiger charge is 2.28. The fourth-order valence-electron chi connectivity index (χ4n) is 2.03. The van der Waals surface area contributed by atoms with Gasteiger partial charge in [-0.25, -0.2) is 0 Å². The van der Waals surface area contributed by atoms with Gasteiger partial charge < -0.3 is 15.8 Å². The average Bonchev–Trinajstić information content (AvgIpc) is 2.58. The van der Waals surface area contributed by atoms with Gasteiger partial charge in [0.15, 0.2) is 0 Å². The van der Waals surface area contributed by atoms with Gasteiger partial charge in [0, 0.05) is 11.4 Å². The van der Waals surface area contributed by atoms with Crippen molar-refractivity contribution in [3.63, 3.8) is 0 Å². The summed E-state index contributed by atoms with van der Waals surface area (Å²) in [5.41, 5.74) is 2.64. The molecule has 8 heteroatoms. The number of hydrogen-bond donors (Lipinski definition) is 2. The monoisotopic (exact) mass is 384 g/mol. The van der Waals surface area contributed by atoms with Crippen LogP contribution in [0.4, 0.5) is 13.2 Å². The second-order valence-electron chi connectivity index (χ2n) is 5.63. The van der Waals surface area contributed by atoms with Gasteiger partial charge in [0.05, 0.1) is 6.04 Å². The molecule has 0 heterocycles. The molecule has 1 unspecified atom stereocenters. The molecule has 1 amide bonds. The van der Waals surface area contributed by atoms with Crippen LogP contribution < -0.4 is 15.8 Å². The summed E-state index contributed by atoms with van der Waals surface area (Å²) in [6.45, 7) is 2.45. The number of halogens is 3. The summed E-state index contributed by atoms with van der Waals surface area (Å²) in [7, 11) is 0. The van der Waals surface area contributed by atoms with Crippen molar-refractivity contribution in [2.24, 2.45) is 5.73 Å². The number of rotatable bonds is 8. The molecule has 0 aromatic heterocycles. The summed E-state index contributed by atoms with van der Waals surface area (Å²) in [5, 5.41) is 3.00. The number of alkyl halides is 3. The van der Waals surface area contributed by atoms with Crippen molar-refractivity contribution in [2.75, 3.05) is 0 Å². The maximum Gasteiger partial charge on any atom is 0.446 e. The Morgan fingerprint density at radius 1 is 1.12 bits per heavy atom. The van der Waals surface area contributed by atoms with E-state index in [9.17, 15) is 18.0 Å². The molecule has 2 rings (SSSR count). The minimum absolute atomic E-state index is 0.142. The zero-order chi connectivity index (χ0) is 19.2. The Morgan fingerprint density at radius 3 is 2.23 bits per heavy atom. The first kappa shape index (κ1) is 20.1. The van der Waals surface area contributed by atoms with Gasteiger partial charge >= 0.3 is 5.51 Å². The molecule has 2 aromatic rings. The van der Waals surface area contributed by atoms with Crippen molar-refractivity contribution in [1.82, 2.24) is 5.32 Å². The van der Waals surface area contributed by atoms with Gasteiger partial charge in [-0.05, 0) is 54.1 Å². The van der Waals surface area contributed by atoms with Crippen molar-refractivity contribution in [2.45, 2.75) is 36.5 Å². The molecule has 2 aromatic carbocycles. The Balaban J connectivity index is 1.83. The van der Waals surface area contributed by atoms with Gasteiger partial charge in [-0.2, -0.15) is 13.2 Å². The zero-order valence-electron chi connectivity index (χ0n) is 14.0. The first-order valence-corrected chi connectivity index (χ1v) is 8.64. The maximum atomic E-state index is 12.3. The van der Waals surface area contributed by atoms with E-state index in [1.165, 1.54) is 12.1 Å². The number of carbonyl (C=O) groups is 1. The number of benzene rings is 2. The van der Waals surface area contributed by atoms with Gasteiger partial charge in [-0.1, -0.05) is 24.3 Å². The molecule has 0 saturated carbocycles. The lowest BCUT2D eigenvalue weighted by atomic mass is 10.2. The van der Waals surface area contributed by atoms with Gasteiger partial charge in [0.25, 0.3) is 0 Å². The summed E-state index contributed by atoms with van der Waals surface area (Å²) >= 11 is -0.142. The Kier molecular flexibility index (Phi) is 6.93. The molecule has 0 aliphatic rings. The average molecular weight is 384 g/mol. The van der Waals surface area contributed by atoms with E-state index < -0.39 is 17.5 Å². The third-order valence-corrected chi connectivity index (χ3v) is 4.26. The van der Waals surface area contributed by atoms with Crippen LogP contribution in [-0.2, 0) is 17.9 Å². The molecule has 0 aliphatic heterocycles. The van der Waals surface area contributed by atoms with E-state index in [0.717, 1.165) is 11.1 Å². The zero-order valence-corrected chi connectivity index (χ0v) is 14.9. The lowest BCUT2D eigenvalue weighted by Gasteiger charge is -2.11. The van der Waals surface area contributed by atoms with Crippen LogP contribution in [0.5, 0.6) is 5.75 Å². The molecule has 0 radical (unpaired) electrons. The number of thioether (sulfide) groups is 1. The highest BCUT2D eigenvalue weighted by Crippen LogP contribution is 2.36. The fourth-order valence-corrected chi connectivity index (χ4v) is 2.57. The predicted molar refractivity (Wildman–Crippen MR) is 94.6 cm³/mol. The SMILES string of the molecule is CC(NCc1ccc(OCc2ccc(SC(F)(F)F)cc2)cc1)C(N)=O. The molecule has 1 atom stereocenters. The minimum Gasteiger partial charge on any atom is -0.489 e. The van der Waals surface area contributed by atoms with Crippen LogP contribution in [0.25, 0.3) is 0 Å². The predicted octanol–water partition coefficient (Wildman–Crippen LogP) is 3.84. The van der Waals surface area contributed by atoms with E-state index in [-0.39, 0.29) is 23.3 Å². The molecule has 3 N–H and O–H groups in total. The summed E-state index contributed by atoms with van der Waals surface area (Å²) in [5.74, 6) is 0.232. The molecule has 0 aliphatic carbocycles. The smallest absolute Gasteiger partial charge is 0.446 e. The molecule has 0 bridgehead atoms. The van der Waals surface area contributed by atoms with Crippen molar-refractivity contribution in [3.8, 4) is 5.75 Å². The van der Waals surface area contributed by atoms with E-state index in [1.807, 2.05) is 12.1 Å². The van der Waals surface area contributed by atoms with Gasteiger partial charge in [0.1, 0.15) is 12.4 Å². The number of carbonyl (C=O) groups excluding carboxylic acids is 1. The van der Waals surface area contributed by atoms with Crippen molar-refractivity contribution >= 4 is 17.7 Å². The maximum absolute atomic E-state index is 12.3. The van der Waals surface area contributed by atoms with Crippen LogP contribution in [0.3, 0.4) is 0 Å². The topological polar surface area (TPSA) is 64.3 Å². The molecule has 26 heavy (non-hydrogen) atoms. The van der Waals surface area contributed by atoms with Crippen LogP contribution in [0.2, 0.25) is 0 Å². The Labute approximate surface area is 153 Å². The number of nitrogens with one attached hydrogen (secondary N) is 1. The Morgan fingerprint density at radius 2 is 1.69 bits per heavy atom. The number of nitrogens with two attached hydrogens (primary N) is 1. The Hall–Kier alpha value is -2.19. The van der Waals surface area contributed by atoms with Crippen molar-refractivity contribution in [3.05, 3.63) is 59.7 Å². The Bertz CT molecular complexity index is 719. The van der Waals surface area contributed by atoms with E-state index >= 15 is 0 Å². The number of primary amides is 1. The number of amides is 1. The quantitative estimate of drug-likeness (QED) is 0.679. The molecular formula is C18H19F3N2O2S. The fraction of sp³-hybridized carbons (Fsp3) is 0.278. The molecule has 0 saturated heterocycles. The van der Waals surface area contributed by atoms with Crippen LogP contribution in [0.15, 0.2) is 53.4 Å². The lowest BCUT2D eigenvalue weighted by molar-refractivity contribution is -0.119. The second kappa shape index (κ2) is 8.95. The summed E-state index contributed by atoms with van der Waals surface area (Å²) in [6, 6.07) is 13.0. The van der Waals surface area contributed by atoms with Crippen LogP contribution >= 0.6 is 11.8 Å². The largest absolute Gasteiger partial charge is 0.489 e. The first-order chi connectivity index (χ1) is 12.2. The molecular weight excluding hydrogens is 365 g/mol. The lowest BCUT2D eigenvalue weighted by Crippen LogP contribution is -2.38. The highest BCUT2D eigenvalue weighted by molar-refractivity contribution is 8.00. The van der Waals surface area contributed by atoms with E-state index in [2.05, 4.69) is 5.32 Å². The summed E-state index contributed by atoms with van der Waals surface area (Å²) in [4.78, 5) is 11.1. The molecule has 4 nitrogen and oxygen atoms in total. The van der Waals surface area contributed by atoms with Crippen LogP contribution in [0, 0.1) is 0 Å². The van der Waals surface area contributed by atoms with Crippen molar-refractivity contribution < 1.29 is 22.7 Å². The third-order valence-electron chi connectivity index (χ3n) is 3.52. The molecule has 0 fully saturated rings. The summed E-state index contributed by atoms with van der Waals surface area (Å²) in [6.07, 6.45) is 0. The molecule has 140 valence electrons.